The molecule has 1 N–H and O–H groups in total. The van der Waals surface area contributed by atoms with Gasteiger partial charge in [-0.05, 0) is 70.0 Å². The van der Waals surface area contributed by atoms with Crippen molar-refractivity contribution in [1.29, 1.82) is 0 Å². The molecule has 0 fully saturated rings. The van der Waals surface area contributed by atoms with Crippen LogP contribution in [-0.4, -0.2) is 51.3 Å². The number of aromatic hydroxyl groups is 1. The Labute approximate surface area is 280 Å². The second kappa shape index (κ2) is 14.1. The van der Waals surface area contributed by atoms with Crippen LogP contribution < -0.4 is 14.2 Å². The molecular weight excluding hydrogens is 691 g/mol. The number of aromatic nitrogens is 4. The average Bonchev–Trinajstić information content (AvgIpc) is 3.44. The zero-order chi connectivity index (χ0) is 32.9. The summed E-state index contributed by atoms with van der Waals surface area (Å²) < 4.78 is 37.1. The summed E-state index contributed by atoms with van der Waals surface area (Å²) in [6, 6.07) is 19.9. The van der Waals surface area contributed by atoms with Gasteiger partial charge in [0.15, 0.2) is 5.82 Å². The zero-order valence-electron chi connectivity index (χ0n) is 25.0. The summed E-state index contributed by atoms with van der Waals surface area (Å²) in [5.74, 6) is 0.643. The number of hydrogen-bond acceptors (Lipinski definition) is 11. The number of carbonyl (C=O) groups excluding carboxylic acids is 1. The molecule has 0 saturated heterocycles. The van der Waals surface area contributed by atoms with E-state index in [1.54, 1.807) is 37.6 Å². The molecule has 0 aliphatic heterocycles. The van der Waals surface area contributed by atoms with E-state index in [2.05, 4.69) is 35.9 Å². The number of halogens is 2. The lowest BCUT2D eigenvalue weighted by Crippen LogP contribution is -2.31. The van der Waals surface area contributed by atoms with Crippen molar-refractivity contribution in [1.82, 2.24) is 19.9 Å². The van der Waals surface area contributed by atoms with E-state index in [1.807, 2.05) is 24.3 Å². The van der Waals surface area contributed by atoms with Gasteiger partial charge in [-0.1, -0.05) is 24.3 Å². The number of para-hydroxylation sites is 1. The lowest BCUT2D eigenvalue weighted by molar-refractivity contribution is -0.148. The minimum atomic E-state index is -1.17. The number of carbonyl (C=O) groups is 1. The van der Waals surface area contributed by atoms with E-state index in [9.17, 15) is 14.3 Å². The Morgan fingerprint density at radius 2 is 1.81 bits per heavy atom. The third-order valence-corrected chi connectivity index (χ3v) is 9.31. The SMILES string of the molecule is COC(=O)C(Cc1cc(O)ccc1OCc1ccnc(-c2ccccc2OC)n1)Oc1ncnc2sc(-c3ccc(F)cc3)c(Br)c12. The van der Waals surface area contributed by atoms with E-state index in [-0.39, 0.29) is 30.5 Å². The molecule has 47 heavy (non-hydrogen) atoms. The van der Waals surface area contributed by atoms with Gasteiger partial charge in [0.1, 0.15) is 40.8 Å². The summed E-state index contributed by atoms with van der Waals surface area (Å²) in [4.78, 5) is 32.1. The van der Waals surface area contributed by atoms with Crippen molar-refractivity contribution >= 4 is 43.5 Å². The largest absolute Gasteiger partial charge is 0.508 e. The van der Waals surface area contributed by atoms with Crippen LogP contribution >= 0.6 is 27.3 Å². The summed E-state index contributed by atoms with van der Waals surface area (Å²) in [7, 11) is 2.84. The zero-order valence-corrected chi connectivity index (χ0v) is 27.4. The van der Waals surface area contributed by atoms with E-state index >= 15 is 0 Å². The third kappa shape index (κ3) is 7.00. The summed E-state index contributed by atoms with van der Waals surface area (Å²) in [5, 5.41) is 10.9. The van der Waals surface area contributed by atoms with Crippen LogP contribution in [0.15, 0.2) is 89.8 Å². The first-order chi connectivity index (χ1) is 22.8. The quantitative estimate of drug-likeness (QED) is 0.138. The van der Waals surface area contributed by atoms with Gasteiger partial charge in [-0.15, -0.1) is 11.3 Å². The van der Waals surface area contributed by atoms with Gasteiger partial charge in [0.05, 0.1) is 40.2 Å². The number of rotatable bonds is 11. The van der Waals surface area contributed by atoms with Crippen molar-refractivity contribution in [2.45, 2.75) is 19.1 Å². The van der Waals surface area contributed by atoms with E-state index in [0.29, 0.717) is 43.3 Å². The molecule has 3 heterocycles. The molecule has 6 aromatic rings. The van der Waals surface area contributed by atoms with Crippen LogP contribution in [0.5, 0.6) is 23.1 Å². The highest BCUT2D eigenvalue weighted by molar-refractivity contribution is 9.10. The van der Waals surface area contributed by atoms with Crippen LogP contribution in [0.4, 0.5) is 4.39 Å². The number of esters is 1. The molecule has 3 aromatic heterocycles. The topological polar surface area (TPSA) is 126 Å². The van der Waals surface area contributed by atoms with Crippen LogP contribution in [0.25, 0.3) is 32.0 Å². The number of benzene rings is 3. The number of fused-ring (bicyclic) bond motifs is 1. The predicted molar refractivity (Wildman–Crippen MR) is 177 cm³/mol. The van der Waals surface area contributed by atoms with Gasteiger partial charge in [-0.25, -0.2) is 29.1 Å². The lowest BCUT2D eigenvalue weighted by Gasteiger charge is -2.19. The van der Waals surface area contributed by atoms with Gasteiger partial charge in [0.2, 0.25) is 12.0 Å². The average molecular weight is 718 g/mol. The number of hydrogen-bond donors (Lipinski definition) is 1. The van der Waals surface area contributed by atoms with Crippen LogP contribution in [0.1, 0.15) is 11.3 Å². The van der Waals surface area contributed by atoms with Gasteiger partial charge in [0, 0.05) is 18.2 Å². The standard InChI is InChI=1S/C34H26BrFN4O6S/c1-43-26-6-4-3-5-24(26)31-37-14-13-22(40-31)17-45-25-12-11-23(41)15-20(25)16-27(34(42)44-2)46-32-28-29(35)30(47-33(28)39-18-38-32)19-7-9-21(36)10-8-19/h3-15,18,27,41H,16-17H2,1-2H3. The first-order valence-electron chi connectivity index (χ1n) is 14.2. The van der Waals surface area contributed by atoms with Crippen LogP contribution in [-0.2, 0) is 22.6 Å². The summed E-state index contributed by atoms with van der Waals surface area (Å²) in [6.45, 7) is 0.0761. The van der Waals surface area contributed by atoms with Crippen molar-refractivity contribution in [2.75, 3.05) is 14.2 Å². The molecule has 0 bridgehead atoms. The molecule has 0 aliphatic rings. The number of nitrogens with zero attached hydrogens (tertiary/aromatic N) is 4. The van der Waals surface area contributed by atoms with Crippen molar-refractivity contribution in [3.05, 3.63) is 107 Å². The summed E-state index contributed by atoms with van der Waals surface area (Å²) in [6.07, 6.45) is 1.79. The van der Waals surface area contributed by atoms with Gasteiger partial charge in [-0.2, -0.15) is 0 Å². The lowest BCUT2D eigenvalue weighted by atomic mass is 10.1. The van der Waals surface area contributed by atoms with Crippen molar-refractivity contribution in [3.63, 3.8) is 0 Å². The maximum atomic E-state index is 13.6. The number of phenols is 1. The molecular formula is C34H26BrFN4O6S. The minimum Gasteiger partial charge on any atom is -0.508 e. The van der Waals surface area contributed by atoms with Crippen LogP contribution in [0.2, 0.25) is 0 Å². The van der Waals surface area contributed by atoms with Gasteiger partial charge >= 0.3 is 5.97 Å². The molecule has 13 heteroatoms. The second-order valence-corrected chi connectivity index (χ2v) is 11.9. The molecule has 0 radical (unpaired) electrons. The molecule has 1 unspecified atom stereocenters. The van der Waals surface area contributed by atoms with E-state index in [0.717, 1.165) is 16.0 Å². The Morgan fingerprint density at radius 3 is 2.60 bits per heavy atom. The third-order valence-electron chi connectivity index (χ3n) is 7.11. The molecule has 238 valence electrons. The first kappa shape index (κ1) is 31.8. The van der Waals surface area contributed by atoms with E-state index < -0.39 is 12.1 Å². The highest BCUT2D eigenvalue weighted by Gasteiger charge is 2.27. The fourth-order valence-corrected chi connectivity index (χ4v) is 6.83. The van der Waals surface area contributed by atoms with Crippen molar-refractivity contribution in [2.24, 2.45) is 0 Å². The van der Waals surface area contributed by atoms with Crippen molar-refractivity contribution < 1.29 is 33.2 Å². The maximum Gasteiger partial charge on any atom is 0.347 e. The fourth-order valence-electron chi connectivity index (χ4n) is 4.84. The predicted octanol–water partition coefficient (Wildman–Crippen LogP) is 7.17. The monoisotopic (exact) mass is 716 g/mol. The van der Waals surface area contributed by atoms with Crippen LogP contribution in [0, 0.1) is 5.82 Å². The first-order valence-corrected chi connectivity index (χ1v) is 15.8. The molecule has 1 atom stereocenters. The normalized spacial score (nSPS) is 11.7. The highest BCUT2D eigenvalue weighted by atomic mass is 79.9. The molecule has 0 spiro atoms. The van der Waals surface area contributed by atoms with Crippen molar-refractivity contribution in [3.8, 4) is 45.0 Å². The Balaban J connectivity index is 1.26. The van der Waals surface area contributed by atoms with E-state index in [4.69, 9.17) is 18.9 Å². The maximum absolute atomic E-state index is 13.6. The summed E-state index contributed by atoms with van der Waals surface area (Å²) in [5.41, 5.74) is 2.60. The molecule has 10 nitrogen and oxygen atoms in total. The fraction of sp³-hybridized carbons (Fsp3) is 0.147. The Hall–Kier alpha value is -5.14. The molecule has 6 rings (SSSR count). The van der Waals surface area contributed by atoms with Crippen LogP contribution in [0.3, 0.4) is 0 Å². The van der Waals surface area contributed by atoms with Gasteiger partial charge in [0.25, 0.3) is 0 Å². The number of ether oxygens (including phenoxy) is 4. The second-order valence-electron chi connectivity index (χ2n) is 10.1. The van der Waals surface area contributed by atoms with E-state index in [1.165, 1.54) is 49.0 Å². The molecule has 0 amide bonds. The Bertz CT molecular complexity index is 2060. The minimum absolute atomic E-state index is 0.0228. The number of thiophene rings is 1. The summed E-state index contributed by atoms with van der Waals surface area (Å²) >= 11 is 5.00. The Kier molecular flexibility index (Phi) is 9.55. The highest BCUT2D eigenvalue weighted by Crippen LogP contribution is 2.44. The molecule has 0 saturated carbocycles. The van der Waals surface area contributed by atoms with Gasteiger partial charge in [-0.3, -0.25) is 0 Å². The Morgan fingerprint density at radius 1 is 1.00 bits per heavy atom. The molecule has 3 aromatic carbocycles. The smallest absolute Gasteiger partial charge is 0.347 e. The molecule has 0 aliphatic carbocycles. The number of methoxy groups -OCH3 is 2. The number of phenolic OH excluding ortho intramolecular Hbond substituents is 1. The van der Waals surface area contributed by atoms with Gasteiger partial charge < -0.3 is 24.1 Å².